The molecule has 0 fully saturated rings. The van der Waals surface area contributed by atoms with Gasteiger partial charge in [-0.05, 0) is 48.9 Å². The second kappa shape index (κ2) is 9.13. The smallest absolute Gasteiger partial charge is 0.188 e. The Kier molecular flexibility index (Phi) is 6.32. The quantitative estimate of drug-likeness (QED) is 0.467. The zero-order valence-electron chi connectivity index (χ0n) is 16.5. The van der Waals surface area contributed by atoms with Crippen LogP contribution in [0, 0.1) is 0 Å². The summed E-state index contributed by atoms with van der Waals surface area (Å²) in [6.07, 6.45) is 2.01. The second-order valence-electron chi connectivity index (χ2n) is 7.08. The molecular weight excluding hydrogens is 464 g/mol. The van der Waals surface area contributed by atoms with Crippen LogP contribution < -0.4 is 15.4 Å². The van der Waals surface area contributed by atoms with Crippen molar-refractivity contribution >= 4 is 33.2 Å². The highest BCUT2D eigenvalue weighted by Gasteiger charge is 2.31. The van der Waals surface area contributed by atoms with Crippen molar-refractivity contribution < 1.29 is 15.2 Å². The van der Waals surface area contributed by atoms with Crippen LogP contribution in [0.15, 0.2) is 77.3 Å². The van der Waals surface area contributed by atoms with Crippen LogP contribution in [0.5, 0.6) is 11.5 Å². The molecule has 3 aromatic carbocycles. The fraction of sp³-hybridized carbons (Fsp3) is 0.167. The van der Waals surface area contributed by atoms with Crippen molar-refractivity contribution in [2.75, 3.05) is 6.61 Å². The van der Waals surface area contributed by atoms with Gasteiger partial charge in [0, 0.05) is 21.8 Å². The summed E-state index contributed by atoms with van der Waals surface area (Å²) in [4.78, 5) is 0. The lowest BCUT2D eigenvalue weighted by molar-refractivity contribution is -0.731. The summed E-state index contributed by atoms with van der Waals surface area (Å²) in [5, 5.41) is 17.3. The minimum absolute atomic E-state index is 0.113. The SMILES string of the molecule is CCOc1cccc(C2C=C(c3cccc(Br)c3)NC(c3ccccc3Cl)[NH2+]2)c1O. The van der Waals surface area contributed by atoms with Crippen LogP contribution in [0.25, 0.3) is 5.70 Å². The molecule has 0 aromatic heterocycles. The van der Waals surface area contributed by atoms with Gasteiger partial charge in [0.25, 0.3) is 0 Å². The van der Waals surface area contributed by atoms with E-state index < -0.39 is 0 Å². The predicted molar refractivity (Wildman–Crippen MR) is 123 cm³/mol. The Morgan fingerprint density at radius 2 is 1.83 bits per heavy atom. The Balaban J connectivity index is 1.79. The van der Waals surface area contributed by atoms with Crippen LogP contribution in [-0.4, -0.2) is 11.7 Å². The second-order valence-corrected chi connectivity index (χ2v) is 8.40. The highest BCUT2D eigenvalue weighted by molar-refractivity contribution is 9.10. The number of nitrogens with one attached hydrogen (secondary N) is 1. The molecule has 0 spiro atoms. The molecule has 0 saturated heterocycles. The molecule has 4 rings (SSSR count). The summed E-state index contributed by atoms with van der Waals surface area (Å²) < 4.78 is 6.60. The van der Waals surface area contributed by atoms with Crippen LogP contribution in [0.4, 0.5) is 0 Å². The molecule has 0 radical (unpaired) electrons. The Labute approximate surface area is 189 Å². The predicted octanol–water partition coefficient (Wildman–Crippen LogP) is 5.15. The minimum atomic E-state index is -0.123. The molecule has 154 valence electrons. The van der Waals surface area contributed by atoms with Crippen LogP contribution in [0.2, 0.25) is 5.02 Å². The van der Waals surface area contributed by atoms with Gasteiger partial charge in [0.2, 0.25) is 0 Å². The highest BCUT2D eigenvalue weighted by Crippen LogP contribution is 2.36. The zero-order valence-corrected chi connectivity index (χ0v) is 18.8. The van der Waals surface area contributed by atoms with Crippen molar-refractivity contribution in [3.05, 3.63) is 99.0 Å². The molecule has 6 heteroatoms. The van der Waals surface area contributed by atoms with E-state index in [1.165, 1.54) is 0 Å². The van der Waals surface area contributed by atoms with Gasteiger partial charge >= 0.3 is 0 Å². The normalized spacial score (nSPS) is 18.4. The summed E-state index contributed by atoms with van der Waals surface area (Å²) >= 11 is 10.1. The summed E-state index contributed by atoms with van der Waals surface area (Å²) in [5.41, 5.74) is 3.83. The van der Waals surface area contributed by atoms with E-state index in [1.807, 2.05) is 55.5 Å². The maximum Gasteiger partial charge on any atom is 0.188 e. The van der Waals surface area contributed by atoms with Crippen LogP contribution in [0.3, 0.4) is 0 Å². The number of rotatable bonds is 5. The topological polar surface area (TPSA) is 58.1 Å². The maximum absolute atomic E-state index is 10.9. The summed E-state index contributed by atoms with van der Waals surface area (Å²) in [6, 6.07) is 21.5. The van der Waals surface area contributed by atoms with Crippen LogP contribution in [0.1, 0.15) is 35.8 Å². The van der Waals surface area contributed by atoms with Gasteiger partial charge in [-0.15, -0.1) is 0 Å². The Hall–Kier alpha value is -2.47. The Bertz CT molecular complexity index is 1090. The first kappa shape index (κ1) is 20.8. The molecule has 2 unspecified atom stereocenters. The van der Waals surface area contributed by atoms with Gasteiger partial charge in [0.05, 0.1) is 17.2 Å². The molecule has 1 aliphatic heterocycles. The van der Waals surface area contributed by atoms with E-state index in [4.69, 9.17) is 16.3 Å². The summed E-state index contributed by atoms with van der Waals surface area (Å²) in [5.74, 6) is 0.666. The van der Waals surface area contributed by atoms with Gasteiger partial charge in [0.15, 0.2) is 17.7 Å². The maximum atomic E-state index is 10.9. The van der Waals surface area contributed by atoms with Crippen LogP contribution >= 0.6 is 27.5 Å². The Morgan fingerprint density at radius 3 is 2.60 bits per heavy atom. The zero-order chi connectivity index (χ0) is 21.1. The van der Waals surface area contributed by atoms with Crippen molar-refractivity contribution in [2.45, 2.75) is 19.1 Å². The largest absolute Gasteiger partial charge is 0.504 e. The van der Waals surface area contributed by atoms with E-state index in [0.717, 1.165) is 26.9 Å². The number of phenols is 1. The fourth-order valence-electron chi connectivity index (χ4n) is 3.72. The third kappa shape index (κ3) is 4.33. The standard InChI is InChI=1S/C24H22BrClN2O2/c1-2-30-22-12-6-10-18(23(22)29)21-14-20(15-7-5-8-16(25)13-15)27-24(28-21)17-9-3-4-11-19(17)26/h3-14,21,24,27-29H,2H2,1H3/p+1. The van der Waals surface area contributed by atoms with E-state index in [1.54, 1.807) is 6.07 Å². The third-order valence-electron chi connectivity index (χ3n) is 5.12. The molecule has 4 N–H and O–H groups in total. The lowest BCUT2D eigenvalue weighted by Crippen LogP contribution is -2.89. The number of ether oxygens (including phenoxy) is 1. The van der Waals surface area contributed by atoms with Gasteiger partial charge in [-0.3, -0.25) is 0 Å². The fourth-order valence-corrected chi connectivity index (χ4v) is 4.38. The molecule has 2 atom stereocenters. The molecule has 3 aromatic rings. The number of hydrogen-bond acceptors (Lipinski definition) is 3. The van der Waals surface area contributed by atoms with Gasteiger partial charge in [0.1, 0.15) is 6.04 Å². The first-order valence-corrected chi connectivity index (χ1v) is 11.0. The van der Waals surface area contributed by atoms with Crippen molar-refractivity contribution in [3.63, 3.8) is 0 Å². The van der Waals surface area contributed by atoms with E-state index in [0.29, 0.717) is 17.4 Å². The van der Waals surface area contributed by atoms with Crippen LogP contribution in [-0.2, 0) is 0 Å². The van der Waals surface area contributed by atoms with Crippen molar-refractivity contribution in [1.29, 1.82) is 0 Å². The number of benzene rings is 3. The first-order chi connectivity index (χ1) is 14.6. The monoisotopic (exact) mass is 485 g/mol. The van der Waals surface area contributed by atoms with E-state index in [9.17, 15) is 5.11 Å². The summed E-state index contributed by atoms with van der Waals surface area (Å²) in [6.45, 7) is 2.40. The van der Waals surface area contributed by atoms with Crippen molar-refractivity contribution in [2.24, 2.45) is 0 Å². The number of aromatic hydroxyl groups is 1. The first-order valence-electron chi connectivity index (χ1n) is 9.85. The van der Waals surface area contributed by atoms with E-state index in [2.05, 4.69) is 44.8 Å². The molecule has 0 aliphatic carbocycles. The van der Waals surface area contributed by atoms with Gasteiger partial charge in [-0.1, -0.05) is 57.9 Å². The van der Waals surface area contributed by atoms with Crippen molar-refractivity contribution in [3.8, 4) is 11.5 Å². The molecule has 0 amide bonds. The molecule has 1 heterocycles. The highest BCUT2D eigenvalue weighted by atomic mass is 79.9. The molecule has 30 heavy (non-hydrogen) atoms. The number of quaternary nitrogens is 1. The number of para-hydroxylation sites is 1. The lowest BCUT2D eigenvalue weighted by Gasteiger charge is -2.30. The number of nitrogens with two attached hydrogens (primary N) is 1. The number of halogens is 2. The summed E-state index contributed by atoms with van der Waals surface area (Å²) in [7, 11) is 0. The minimum Gasteiger partial charge on any atom is -0.504 e. The molecule has 0 saturated carbocycles. The van der Waals surface area contributed by atoms with Crippen molar-refractivity contribution in [1.82, 2.24) is 5.32 Å². The Morgan fingerprint density at radius 1 is 1.07 bits per heavy atom. The molecular formula is C24H23BrClN2O2+. The third-order valence-corrected chi connectivity index (χ3v) is 5.96. The van der Waals surface area contributed by atoms with Gasteiger partial charge in [-0.2, -0.15) is 0 Å². The number of hydrogen-bond donors (Lipinski definition) is 3. The average Bonchev–Trinajstić information content (AvgIpc) is 2.75. The average molecular weight is 487 g/mol. The van der Waals surface area contributed by atoms with E-state index >= 15 is 0 Å². The number of phenolic OH excluding ortho intramolecular Hbond substituents is 1. The molecule has 4 nitrogen and oxygen atoms in total. The molecule has 0 bridgehead atoms. The van der Waals surface area contributed by atoms with E-state index in [-0.39, 0.29) is 18.0 Å². The lowest BCUT2D eigenvalue weighted by atomic mass is 9.97. The van der Waals surface area contributed by atoms with Gasteiger partial charge < -0.3 is 20.5 Å². The molecule has 1 aliphatic rings. The van der Waals surface area contributed by atoms with Gasteiger partial charge in [-0.25, -0.2) is 0 Å².